The molecule has 3 atom stereocenters. The molecule has 1 aromatic rings. The van der Waals surface area contributed by atoms with Crippen molar-refractivity contribution in [1.82, 2.24) is 0 Å². The maximum atomic E-state index is 13.4. The van der Waals surface area contributed by atoms with E-state index in [1.54, 1.807) is 0 Å². The molecule has 0 bridgehead atoms. The zero-order valence-corrected chi connectivity index (χ0v) is 12.9. The molecule has 1 fully saturated rings. The summed E-state index contributed by atoms with van der Waals surface area (Å²) in [5.74, 6) is 0.267. The van der Waals surface area contributed by atoms with Gasteiger partial charge in [0.1, 0.15) is 0 Å². The monoisotopic (exact) mass is 324 g/mol. The summed E-state index contributed by atoms with van der Waals surface area (Å²) in [7, 11) is 0. The highest BCUT2D eigenvalue weighted by molar-refractivity contribution is 5.88. The first kappa shape index (κ1) is 16.1. The van der Waals surface area contributed by atoms with Gasteiger partial charge in [-0.15, -0.1) is 0 Å². The van der Waals surface area contributed by atoms with Crippen LogP contribution in [0.4, 0.5) is 13.2 Å². The Morgan fingerprint density at radius 3 is 2.57 bits per heavy atom. The lowest BCUT2D eigenvalue weighted by atomic mass is 9.82. The average Bonchev–Trinajstić information content (AvgIpc) is 3.23. The second kappa shape index (κ2) is 5.69. The number of carboxylic acid groups (broad SMARTS) is 1. The molecule has 2 aliphatic rings. The molecule has 124 valence electrons. The van der Waals surface area contributed by atoms with Gasteiger partial charge in [0.2, 0.25) is 0 Å². The van der Waals surface area contributed by atoms with Crippen molar-refractivity contribution >= 4 is 11.5 Å². The van der Waals surface area contributed by atoms with Gasteiger partial charge in [0.05, 0.1) is 11.1 Å². The molecule has 0 heterocycles. The van der Waals surface area contributed by atoms with Crippen LogP contribution >= 0.6 is 0 Å². The zero-order chi connectivity index (χ0) is 16.8. The van der Waals surface area contributed by atoms with Crippen molar-refractivity contribution in [3.05, 3.63) is 41.0 Å². The molecule has 0 radical (unpaired) electrons. The molecule has 23 heavy (non-hydrogen) atoms. The number of halogens is 3. The van der Waals surface area contributed by atoms with Crippen molar-refractivity contribution in [2.75, 3.05) is 0 Å². The van der Waals surface area contributed by atoms with Crippen LogP contribution in [0.5, 0.6) is 0 Å². The minimum atomic E-state index is -4.55. The third-order valence-corrected chi connectivity index (χ3v) is 5.04. The Bertz CT molecular complexity index is 661. The molecule has 0 aliphatic heterocycles. The summed E-state index contributed by atoms with van der Waals surface area (Å²) >= 11 is 0. The molecule has 3 rings (SSSR count). The summed E-state index contributed by atoms with van der Waals surface area (Å²) in [5.41, 5.74) is -0.317. The van der Waals surface area contributed by atoms with Crippen LogP contribution in [-0.4, -0.2) is 11.1 Å². The molecule has 2 aliphatic carbocycles. The molecular formula is C18H19F3O2. The summed E-state index contributed by atoms with van der Waals surface area (Å²) in [6, 6.07) is 3.33. The summed E-state index contributed by atoms with van der Waals surface area (Å²) in [6.45, 7) is 2.18. The van der Waals surface area contributed by atoms with Gasteiger partial charge in [0.25, 0.3) is 0 Å². The quantitative estimate of drug-likeness (QED) is 0.825. The Morgan fingerprint density at radius 2 is 2.00 bits per heavy atom. The summed E-state index contributed by atoms with van der Waals surface area (Å²) < 4.78 is 40.1. The Balaban J connectivity index is 2.01. The van der Waals surface area contributed by atoms with E-state index < -0.39 is 17.7 Å². The lowest BCUT2D eigenvalue weighted by Crippen LogP contribution is -2.13. The summed E-state index contributed by atoms with van der Waals surface area (Å²) in [5, 5.41) is 8.95. The Hall–Kier alpha value is -1.78. The van der Waals surface area contributed by atoms with Crippen LogP contribution in [0.1, 0.15) is 54.1 Å². The SMILES string of the molecule is CC1C[C@@H]1C1C=C(c2ccc(C(=O)O)cc2C(F)(F)F)CCC1. The zero-order valence-electron chi connectivity index (χ0n) is 12.9. The molecule has 0 saturated heterocycles. The maximum Gasteiger partial charge on any atom is 0.417 e. The van der Waals surface area contributed by atoms with Gasteiger partial charge in [0.15, 0.2) is 0 Å². The molecule has 2 nitrogen and oxygen atoms in total. The highest BCUT2D eigenvalue weighted by atomic mass is 19.4. The number of hydrogen-bond acceptors (Lipinski definition) is 1. The van der Waals surface area contributed by atoms with Crippen LogP contribution in [-0.2, 0) is 6.18 Å². The number of hydrogen-bond donors (Lipinski definition) is 1. The molecule has 0 aromatic heterocycles. The summed E-state index contributed by atoms with van der Waals surface area (Å²) in [6.07, 6.45) is 1.14. The van der Waals surface area contributed by atoms with E-state index in [-0.39, 0.29) is 11.1 Å². The Labute approximate surface area is 133 Å². The van der Waals surface area contributed by atoms with E-state index in [0.717, 1.165) is 25.3 Å². The predicted molar refractivity (Wildman–Crippen MR) is 81.0 cm³/mol. The van der Waals surface area contributed by atoms with E-state index in [9.17, 15) is 18.0 Å². The second-order valence-corrected chi connectivity index (χ2v) is 6.69. The van der Waals surface area contributed by atoms with E-state index in [1.807, 2.05) is 6.08 Å². The first-order valence-electron chi connectivity index (χ1n) is 7.93. The van der Waals surface area contributed by atoms with Gasteiger partial charge >= 0.3 is 12.1 Å². The average molecular weight is 324 g/mol. The molecule has 1 N–H and O–H groups in total. The third-order valence-electron chi connectivity index (χ3n) is 5.04. The minimum Gasteiger partial charge on any atom is -0.478 e. The summed E-state index contributed by atoms with van der Waals surface area (Å²) in [4.78, 5) is 11.0. The highest BCUT2D eigenvalue weighted by Crippen LogP contribution is 2.49. The van der Waals surface area contributed by atoms with Crippen LogP contribution in [0.3, 0.4) is 0 Å². The van der Waals surface area contributed by atoms with Crippen molar-refractivity contribution in [3.8, 4) is 0 Å². The van der Waals surface area contributed by atoms with Gasteiger partial charge in [-0.05, 0) is 66.7 Å². The Kier molecular flexibility index (Phi) is 3.98. The van der Waals surface area contributed by atoms with E-state index >= 15 is 0 Å². The van der Waals surface area contributed by atoms with Gasteiger partial charge in [-0.1, -0.05) is 19.1 Å². The third kappa shape index (κ3) is 3.28. The molecule has 0 amide bonds. The smallest absolute Gasteiger partial charge is 0.417 e. The van der Waals surface area contributed by atoms with Gasteiger partial charge in [-0.25, -0.2) is 4.79 Å². The van der Waals surface area contributed by atoms with Gasteiger partial charge < -0.3 is 5.11 Å². The van der Waals surface area contributed by atoms with E-state index in [4.69, 9.17) is 5.11 Å². The molecule has 2 unspecified atom stereocenters. The van der Waals surface area contributed by atoms with Crippen molar-refractivity contribution in [3.63, 3.8) is 0 Å². The number of benzene rings is 1. The van der Waals surface area contributed by atoms with Crippen molar-refractivity contribution < 1.29 is 23.1 Å². The highest BCUT2D eigenvalue weighted by Gasteiger charge is 2.40. The van der Waals surface area contributed by atoms with Crippen LogP contribution in [0.15, 0.2) is 24.3 Å². The fraction of sp³-hybridized carbons (Fsp3) is 0.500. The van der Waals surface area contributed by atoms with E-state index in [0.29, 0.717) is 29.7 Å². The van der Waals surface area contributed by atoms with E-state index in [2.05, 4.69) is 6.92 Å². The molecule has 0 spiro atoms. The number of carbonyl (C=O) groups is 1. The van der Waals surface area contributed by atoms with Gasteiger partial charge in [-0.2, -0.15) is 13.2 Å². The molecular weight excluding hydrogens is 305 g/mol. The van der Waals surface area contributed by atoms with Crippen LogP contribution in [0, 0.1) is 17.8 Å². The molecule has 5 heteroatoms. The minimum absolute atomic E-state index is 0.139. The number of carboxylic acids is 1. The lowest BCUT2D eigenvalue weighted by Gasteiger charge is -2.24. The molecule has 1 saturated carbocycles. The maximum absolute atomic E-state index is 13.4. The topological polar surface area (TPSA) is 37.3 Å². The van der Waals surface area contributed by atoms with Crippen LogP contribution in [0.25, 0.3) is 5.57 Å². The first-order valence-corrected chi connectivity index (χ1v) is 7.93. The standard InChI is InChI=1S/C18H19F3O2/c1-10-7-15(10)12-4-2-3-11(8-12)14-6-5-13(17(22)23)9-16(14)18(19,20)21/h5-6,8-10,12,15H,2-4,7H2,1H3,(H,22,23)/t10?,12?,15-/m0/s1. The fourth-order valence-corrected chi connectivity index (χ4v) is 3.65. The van der Waals surface area contributed by atoms with Crippen LogP contribution < -0.4 is 0 Å². The molecule has 1 aromatic carbocycles. The van der Waals surface area contributed by atoms with Crippen LogP contribution in [0.2, 0.25) is 0 Å². The van der Waals surface area contributed by atoms with E-state index in [1.165, 1.54) is 12.1 Å². The van der Waals surface area contributed by atoms with Crippen molar-refractivity contribution in [2.24, 2.45) is 17.8 Å². The fourth-order valence-electron chi connectivity index (χ4n) is 3.65. The second-order valence-electron chi connectivity index (χ2n) is 6.69. The van der Waals surface area contributed by atoms with Gasteiger partial charge in [0, 0.05) is 0 Å². The lowest BCUT2D eigenvalue weighted by molar-refractivity contribution is -0.137. The first-order chi connectivity index (χ1) is 10.8. The largest absolute Gasteiger partial charge is 0.478 e. The number of rotatable bonds is 3. The van der Waals surface area contributed by atoms with Crippen molar-refractivity contribution in [1.29, 1.82) is 0 Å². The number of alkyl halides is 3. The normalized spacial score (nSPS) is 27.5. The number of aromatic carboxylic acids is 1. The Morgan fingerprint density at radius 1 is 1.30 bits per heavy atom. The number of allylic oxidation sites excluding steroid dienone is 2. The van der Waals surface area contributed by atoms with Gasteiger partial charge in [-0.3, -0.25) is 0 Å². The predicted octanol–water partition coefficient (Wildman–Crippen LogP) is 5.24. The van der Waals surface area contributed by atoms with Crippen molar-refractivity contribution in [2.45, 2.75) is 38.8 Å².